The number of sulfonamides is 1. The van der Waals surface area contributed by atoms with Crippen LogP contribution < -0.4 is 0 Å². The molecule has 1 aromatic rings. The molecule has 1 heterocycles. The summed E-state index contributed by atoms with van der Waals surface area (Å²) in [4.78, 5) is 13.8. The van der Waals surface area contributed by atoms with E-state index >= 15 is 0 Å². The Balaban J connectivity index is 2.04. The molecule has 1 aliphatic heterocycles. The zero-order valence-corrected chi connectivity index (χ0v) is 16.1. The maximum absolute atomic E-state index is 13.9. The van der Waals surface area contributed by atoms with Gasteiger partial charge in [-0.15, -0.1) is 0 Å². The molecule has 1 aromatic carbocycles. The van der Waals surface area contributed by atoms with Crippen molar-refractivity contribution in [2.24, 2.45) is 5.92 Å². The first-order valence-corrected chi connectivity index (χ1v) is 10.5. The Morgan fingerprint density at radius 3 is 2.35 bits per heavy atom. The van der Waals surface area contributed by atoms with Crippen LogP contribution in [0.25, 0.3) is 0 Å². The molecule has 1 atom stereocenters. The maximum Gasteiger partial charge on any atom is 0.246 e. The molecule has 0 N–H and O–H groups in total. The summed E-state index contributed by atoms with van der Waals surface area (Å²) in [5, 5.41) is 0. The van der Waals surface area contributed by atoms with Gasteiger partial charge in [0.25, 0.3) is 0 Å². The van der Waals surface area contributed by atoms with Crippen molar-refractivity contribution in [3.8, 4) is 0 Å². The van der Waals surface area contributed by atoms with Crippen molar-refractivity contribution in [3.05, 3.63) is 29.8 Å². The fourth-order valence-corrected chi connectivity index (χ4v) is 4.65. The molecule has 5 nitrogen and oxygen atoms in total. The van der Waals surface area contributed by atoms with Gasteiger partial charge < -0.3 is 4.90 Å². The summed E-state index contributed by atoms with van der Waals surface area (Å²) in [5.74, 6) is -1.90. The number of amides is 1. The standard InChI is InChI=1S/C18H26F2N2O3S/c1-3-5-6-14(4-2)18(23)21-9-11-22(12-10-21)26(24,25)17-8-7-15(19)13-16(17)20/h7-8,13-14H,3-6,9-12H2,1-2H3. The van der Waals surface area contributed by atoms with Crippen LogP contribution in [-0.4, -0.2) is 49.7 Å². The van der Waals surface area contributed by atoms with Crippen molar-refractivity contribution in [1.82, 2.24) is 9.21 Å². The Morgan fingerprint density at radius 1 is 1.15 bits per heavy atom. The third-order valence-electron chi connectivity index (χ3n) is 4.81. The lowest BCUT2D eigenvalue weighted by Gasteiger charge is -2.35. The average molecular weight is 388 g/mol. The van der Waals surface area contributed by atoms with Crippen LogP contribution in [0.15, 0.2) is 23.1 Å². The van der Waals surface area contributed by atoms with Gasteiger partial charge in [0.15, 0.2) is 0 Å². The summed E-state index contributed by atoms with van der Waals surface area (Å²) in [5.41, 5.74) is 0. The van der Waals surface area contributed by atoms with Crippen LogP contribution in [0.3, 0.4) is 0 Å². The first-order valence-electron chi connectivity index (χ1n) is 9.05. The van der Waals surface area contributed by atoms with Gasteiger partial charge >= 0.3 is 0 Å². The quantitative estimate of drug-likeness (QED) is 0.721. The Kier molecular flexibility index (Phi) is 7.11. The van der Waals surface area contributed by atoms with Gasteiger partial charge in [0.1, 0.15) is 16.5 Å². The lowest BCUT2D eigenvalue weighted by atomic mass is 9.97. The lowest BCUT2D eigenvalue weighted by Crippen LogP contribution is -2.51. The molecule has 1 amide bonds. The van der Waals surface area contributed by atoms with Gasteiger partial charge in [0.2, 0.25) is 15.9 Å². The molecule has 0 saturated carbocycles. The minimum absolute atomic E-state index is 0.0346. The number of carbonyl (C=O) groups is 1. The van der Waals surface area contributed by atoms with Gasteiger partial charge in [0.05, 0.1) is 0 Å². The van der Waals surface area contributed by atoms with Gasteiger partial charge in [-0.25, -0.2) is 17.2 Å². The predicted molar refractivity (Wildman–Crippen MR) is 95.0 cm³/mol. The van der Waals surface area contributed by atoms with Crippen LogP contribution in [0.4, 0.5) is 8.78 Å². The second kappa shape index (κ2) is 8.90. The summed E-state index contributed by atoms with van der Waals surface area (Å²) in [6, 6.07) is 2.43. The van der Waals surface area contributed by atoms with E-state index in [1.165, 1.54) is 0 Å². The second-order valence-electron chi connectivity index (χ2n) is 6.55. The SMILES string of the molecule is CCCCC(CC)C(=O)N1CCN(S(=O)(=O)c2ccc(F)cc2F)CC1. The third kappa shape index (κ3) is 4.59. The van der Waals surface area contributed by atoms with Gasteiger partial charge in [-0.1, -0.05) is 26.7 Å². The van der Waals surface area contributed by atoms with E-state index < -0.39 is 26.6 Å². The minimum Gasteiger partial charge on any atom is -0.340 e. The smallest absolute Gasteiger partial charge is 0.246 e. The highest BCUT2D eigenvalue weighted by atomic mass is 32.2. The highest BCUT2D eigenvalue weighted by molar-refractivity contribution is 7.89. The third-order valence-corrected chi connectivity index (χ3v) is 6.74. The predicted octanol–water partition coefficient (Wildman–Crippen LogP) is 3.01. The van der Waals surface area contributed by atoms with E-state index in [0.717, 1.165) is 42.1 Å². The van der Waals surface area contributed by atoms with E-state index in [9.17, 15) is 22.0 Å². The van der Waals surface area contributed by atoms with Crippen molar-refractivity contribution in [1.29, 1.82) is 0 Å². The molecule has 1 saturated heterocycles. The summed E-state index contributed by atoms with van der Waals surface area (Å²) in [7, 11) is -4.04. The molecule has 0 bridgehead atoms. The van der Waals surface area contributed by atoms with Crippen molar-refractivity contribution in [3.63, 3.8) is 0 Å². The molecule has 1 unspecified atom stereocenters. The number of hydrogen-bond donors (Lipinski definition) is 0. The topological polar surface area (TPSA) is 57.7 Å². The summed E-state index contributed by atoms with van der Waals surface area (Å²) >= 11 is 0. The Hall–Kier alpha value is -1.54. The van der Waals surface area contributed by atoms with E-state index in [1.54, 1.807) is 4.90 Å². The first kappa shape index (κ1) is 20.8. The van der Waals surface area contributed by atoms with E-state index in [-0.39, 0.29) is 38.0 Å². The van der Waals surface area contributed by atoms with Gasteiger partial charge in [-0.3, -0.25) is 4.79 Å². The summed E-state index contributed by atoms with van der Waals surface area (Å²) < 4.78 is 53.2. The highest BCUT2D eigenvalue weighted by Crippen LogP contribution is 2.23. The van der Waals surface area contributed by atoms with E-state index in [4.69, 9.17) is 0 Å². The molecule has 0 radical (unpaired) electrons. The number of benzene rings is 1. The second-order valence-corrected chi connectivity index (χ2v) is 8.46. The van der Waals surface area contributed by atoms with E-state index in [1.807, 2.05) is 6.92 Å². The molecule has 0 aliphatic carbocycles. The summed E-state index contributed by atoms with van der Waals surface area (Å²) in [6.07, 6.45) is 3.62. The van der Waals surface area contributed by atoms with E-state index in [0.29, 0.717) is 6.07 Å². The average Bonchev–Trinajstić information content (AvgIpc) is 2.62. The maximum atomic E-state index is 13.9. The van der Waals surface area contributed by atoms with Crippen LogP contribution in [0.2, 0.25) is 0 Å². The number of hydrogen-bond acceptors (Lipinski definition) is 3. The molecule has 1 fully saturated rings. The van der Waals surface area contributed by atoms with Crippen LogP contribution in [0.5, 0.6) is 0 Å². The fourth-order valence-electron chi connectivity index (χ4n) is 3.18. The normalized spacial score (nSPS) is 17.3. The Morgan fingerprint density at radius 2 is 1.81 bits per heavy atom. The fraction of sp³-hybridized carbons (Fsp3) is 0.611. The number of nitrogens with zero attached hydrogens (tertiary/aromatic N) is 2. The lowest BCUT2D eigenvalue weighted by molar-refractivity contribution is -0.137. The van der Waals surface area contributed by atoms with Crippen molar-refractivity contribution in [2.45, 2.75) is 44.4 Å². The Bertz CT molecular complexity index is 732. The van der Waals surface area contributed by atoms with Crippen molar-refractivity contribution < 1.29 is 22.0 Å². The van der Waals surface area contributed by atoms with Gasteiger partial charge in [-0.2, -0.15) is 4.31 Å². The molecule has 0 spiro atoms. The first-order chi connectivity index (χ1) is 12.3. The van der Waals surface area contributed by atoms with Crippen LogP contribution in [0.1, 0.15) is 39.5 Å². The zero-order valence-electron chi connectivity index (χ0n) is 15.2. The minimum atomic E-state index is -4.04. The number of rotatable bonds is 7. The molecule has 146 valence electrons. The van der Waals surface area contributed by atoms with E-state index in [2.05, 4.69) is 6.92 Å². The monoisotopic (exact) mass is 388 g/mol. The van der Waals surface area contributed by atoms with Crippen molar-refractivity contribution in [2.75, 3.05) is 26.2 Å². The molecule has 1 aliphatic rings. The number of piperazine rings is 1. The Labute approximate surface area is 154 Å². The molecule has 8 heteroatoms. The number of carbonyl (C=O) groups excluding carboxylic acids is 1. The zero-order chi connectivity index (χ0) is 19.3. The van der Waals surface area contributed by atoms with Crippen LogP contribution in [-0.2, 0) is 14.8 Å². The molecule has 26 heavy (non-hydrogen) atoms. The van der Waals surface area contributed by atoms with Crippen LogP contribution >= 0.6 is 0 Å². The molecular weight excluding hydrogens is 362 g/mol. The highest BCUT2D eigenvalue weighted by Gasteiger charge is 2.33. The van der Waals surface area contributed by atoms with Crippen molar-refractivity contribution >= 4 is 15.9 Å². The molecular formula is C18H26F2N2O3S. The molecule has 2 rings (SSSR count). The molecule has 0 aromatic heterocycles. The van der Waals surface area contributed by atoms with Crippen LogP contribution in [0, 0.1) is 17.6 Å². The number of unbranched alkanes of at least 4 members (excludes halogenated alkanes) is 1. The van der Waals surface area contributed by atoms with Gasteiger partial charge in [0, 0.05) is 38.2 Å². The van der Waals surface area contributed by atoms with Gasteiger partial charge in [-0.05, 0) is 25.0 Å². The summed E-state index contributed by atoms with van der Waals surface area (Å²) in [6.45, 7) is 4.84. The number of halogens is 2. The largest absolute Gasteiger partial charge is 0.340 e.